The molecule has 0 saturated heterocycles. The summed E-state index contributed by atoms with van der Waals surface area (Å²) in [5, 5.41) is 0. The summed E-state index contributed by atoms with van der Waals surface area (Å²) in [6.07, 6.45) is 14.0. The maximum atomic E-state index is 9.08. The molecule has 0 aromatic carbocycles. The van der Waals surface area contributed by atoms with Crippen molar-refractivity contribution in [1.29, 1.82) is 0 Å². The zero-order valence-corrected chi connectivity index (χ0v) is 8.33. The Balaban J connectivity index is 0.000000217. The van der Waals surface area contributed by atoms with Crippen molar-refractivity contribution in [3.8, 4) is 0 Å². The first kappa shape index (κ1) is 11.1. The van der Waals surface area contributed by atoms with Crippen LogP contribution < -0.4 is 0 Å². The topological polar surface area (TPSA) is 34.1 Å². The molecule has 3 heteroatoms. The Hall–Kier alpha value is -0.932. The molecular formula is C9H7MoO2-. The standard InChI is InChI=1S/C7H7.2CO.Mo/c1-2-4-6-7-5-3-1;2*1-2;/h1-5H,6H2;;;/q-1;;;. The first-order chi connectivity index (χ1) is 5.91. The molecule has 0 aromatic heterocycles. The molecule has 0 atom stereocenters. The molecule has 0 fully saturated rings. The molecule has 0 heterocycles. The Labute approximate surface area is 78.8 Å². The van der Waals surface area contributed by atoms with E-state index in [9.17, 15) is 0 Å². The van der Waals surface area contributed by atoms with Gasteiger partial charge in [0.2, 0.25) is 0 Å². The van der Waals surface area contributed by atoms with E-state index in [1.807, 2.05) is 24.3 Å². The third-order valence-corrected chi connectivity index (χ3v) is 1.30. The summed E-state index contributed by atoms with van der Waals surface area (Å²) >= 11 is -1.12. The average Bonchev–Trinajstić information content (AvgIpc) is 2.37. The average molecular weight is 243 g/mol. The maximum Gasteiger partial charge on any atom is -0.0852 e. The summed E-state index contributed by atoms with van der Waals surface area (Å²) < 4.78 is 2.95. The minimum absolute atomic E-state index is 0.951. The third-order valence-electron chi connectivity index (χ3n) is 0.891. The third kappa shape index (κ3) is 9.07. The number of allylic oxidation sites excluding steroid dienone is 6. The molecule has 1 aliphatic carbocycles. The van der Waals surface area contributed by atoms with E-state index in [-0.39, 0.29) is 0 Å². The quantitative estimate of drug-likeness (QED) is 0.471. The van der Waals surface area contributed by atoms with Crippen molar-refractivity contribution in [2.45, 2.75) is 6.42 Å². The van der Waals surface area contributed by atoms with E-state index in [0.717, 1.165) is 6.42 Å². The summed E-state index contributed by atoms with van der Waals surface area (Å²) in [7, 11) is 0. The van der Waals surface area contributed by atoms with E-state index in [1.54, 1.807) is 0 Å². The van der Waals surface area contributed by atoms with Gasteiger partial charge in [-0.15, -0.1) is 6.08 Å². The van der Waals surface area contributed by atoms with Gasteiger partial charge in [-0.05, 0) is 0 Å². The molecule has 0 saturated carbocycles. The van der Waals surface area contributed by atoms with Gasteiger partial charge in [0.15, 0.2) is 0 Å². The second-order valence-electron chi connectivity index (χ2n) is 1.66. The Kier molecular flexibility index (Phi) is 9.29. The number of rotatable bonds is 0. The van der Waals surface area contributed by atoms with E-state index < -0.39 is 17.6 Å². The fraction of sp³-hybridized carbons (Fsp3) is 0.111. The Bertz CT molecular complexity index is 270. The van der Waals surface area contributed by atoms with Crippen LogP contribution in [-0.2, 0) is 27.2 Å². The molecule has 2 nitrogen and oxygen atoms in total. The smallest absolute Gasteiger partial charge is 0.0852 e. The van der Waals surface area contributed by atoms with Crippen LogP contribution in [0.4, 0.5) is 0 Å². The summed E-state index contributed by atoms with van der Waals surface area (Å²) in [4.78, 5) is 18.2. The molecule has 1 rings (SSSR count). The van der Waals surface area contributed by atoms with Crippen LogP contribution in [0.5, 0.6) is 0 Å². The van der Waals surface area contributed by atoms with Gasteiger partial charge in [0.25, 0.3) is 0 Å². The van der Waals surface area contributed by atoms with Crippen LogP contribution in [-0.4, -0.2) is 8.53 Å². The van der Waals surface area contributed by atoms with Crippen molar-refractivity contribution in [1.82, 2.24) is 0 Å². The van der Waals surface area contributed by atoms with E-state index in [2.05, 4.69) is 12.2 Å². The van der Waals surface area contributed by atoms with E-state index in [1.165, 1.54) is 8.53 Å². The van der Waals surface area contributed by atoms with Gasteiger partial charge in [-0.25, -0.2) is 12.2 Å². The van der Waals surface area contributed by atoms with Crippen LogP contribution in [0.3, 0.4) is 0 Å². The fourth-order valence-corrected chi connectivity index (χ4v) is 0.571. The zero-order chi connectivity index (χ0) is 9.07. The Morgan fingerprint density at radius 1 is 1.17 bits per heavy atom. The molecule has 0 N–H and O–H groups in total. The van der Waals surface area contributed by atoms with Gasteiger partial charge in [0.05, 0.1) is 0 Å². The number of hydrogen-bond acceptors (Lipinski definition) is 2. The van der Waals surface area contributed by atoms with Gasteiger partial charge in [0, 0.05) is 0 Å². The van der Waals surface area contributed by atoms with Crippen LogP contribution in [0.15, 0.2) is 30.4 Å². The van der Waals surface area contributed by atoms with Gasteiger partial charge >= 0.3 is 35.8 Å². The number of hydrogen-bond donors (Lipinski definition) is 0. The van der Waals surface area contributed by atoms with Gasteiger partial charge in [-0.2, -0.15) is 0 Å². The molecule has 1 aliphatic rings. The second kappa shape index (κ2) is 10.1. The van der Waals surface area contributed by atoms with Crippen molar-refractivity contribution in [2.24, 2.45) is 0 Å². The van der Waals surface area contributed by atoms with Crippen LogP contribution in [0.1, 0.15) is 6.42 Å². The van der Waals surface area contributed by atoms with Crippen molar-refractivity contribution in [3.05, 3.63) is 36.5 Å². The predicted octanol–water partition coefficient (Wildman–Crippen LogP) is 1.07. The largest absolute Gasteiger partial charge is 0.271 e. The fourth-order valence-electron chi connectivity index (χ4n) is 0.487. The van der Waals surface area contributed by atoms with Crippen LogP contribution in [0.2, 0.25) is 0 Å². The Morgan fingerprint density at radius 2 is 1.92 bits per heavy atom. The molecule has 0 bridgehead atoms. The SMILES string of the molecule is O=[C]=[Mo]=[C]=O.[C-]1=CC=CC=CC1. The van der Waals surface area contributed by atoms with Crippen molar-refractivity contribution in [2.75, 3.05) is 0 Å². The first-order valence-corrected chi connectivity index (χ1v) is 5.21. The van der Waals surface area contributed by atoms with Gasteiger partial charge in [0.1, 0.15) is 0 Å². The molecule has 0 radical (unpaired) electrons. The molecular weight excluding hydrogens is 236 g/mol. The Morgan fingerprint density at radius 3 is 2.50 bits per heavy atom. The zero-order valence-electron chi connectivity index (χ0n) is 6.32. The second-order valence-corrected chi connectivity index (χ2v) is 2.98. The van der Waals surface area contributed by atoms with E-state index >= 15 is 0 Å². The maximum absolute atomic E-state index is 9.08. The molecule has 0 aliphatic heterocycles. The van der Waals surface area contributed by atoms with Crippen molar-refractivity contribution < 1.29 is 27.2 Å². The van der Waals surface area contributed by atoms with Crippen molar-refractivity contribution in [3.63, 3.8) is 0 Å². The van der Waals surface area contributed by atoms with Gasteiger partial charge in [-0.3, -0.25) is 6.08 Å². The van der Waals surface area contributed by atoms with E-state index in [4.69, 9.17) is 9.59 Å². The van der Waals surface area contributed by atoms with Crippen LogP contribution in [0.25, 0.3) is 0 Å². The summed E-state index contributed by atoms with van der Waals surface area (Å²) in [6.45, 7) is 0. The molecule has 0 aromatic rings. The summed E-state index contributed by atoms with van der Waals surface area (Å²) in [5.74, 6) is 0. The molecule has 0 unspecified atom stereocenters. The normalized spacial score (nSPS) is 11.7. The van der Waals surface area contributed by atoms with Crippen LogP contribution >= 0.6 is 0 Å². The molecule has 12 heavy (non-hydrogen) atoms. The predicted molar refractivity (Wildman–Crippen MR) is 42.1 cm³/mol. The first-order valence-electron chi connectivity index (χ1n) is 3.20. The minimum Gasteiger partial charge on any atom is -0.271 e. The summed E-state index contributed by atoms with van der Waals surface area (Å²) in [5.41, 5.74) is 0. The molecule has 62 valence electrons. The van der Waals surface area contributed by atoms with E-state index in [0.29, 0.717) is 0 Å². The molecule has 0 spiro atoms. The minimum atomic E-state index is -1.12. The van der Waals surface area contributed by atoms with Crippen LogP contribution in [0, 0.1) is 6.08 Å². The van der Waals surface area contributed by atoms with Gasteiger partial charge in [-0.1, -0.05) is 18.6 Å². The monoisotopic (exact) mass is 245 g/mol. The summed E-state index contributed by atoms with van der Waals surface area (Å²) in [6, 6.07) is 0. The van der Waals surface area contributed by atoms with Crippen molar-refractivity contribution >= 4 is 8.53 Å². The van der Waals surface area contributed by atoms with Gasteiger partial charge < -0.3 is 0 Å². The molecule has 0 amide bonds. The number of carbonyl (C=O) groups excluding carboxylic acids is 2.